The summed E-state index contributed by atoms with van der Waals surface area (Å²) in [7, 11) is 1.55. The monoisotopic (exact) mass is 335 g/mol. The van der Waals surface area contributed by atoms with Crippen molar-refractivity contribution in [2.75, 3.05) is 7.11 Å². The minimum Gasteiger partial charge on any atom is -0.504 e. The number of hydrogen-bond acceptors (Lipinski definition) is 3. The van der Waals surface area contributed by atoms with Crippen LogP contribution in [0.5, 0.6) is 11.5 Å². The average Bonchev–Trinajstić information content (AvgIpc) is 2.46. The van der Waals surface area contributed by atoms with Crippen molar-refractivity contribution in [1.29, 1.82) is 0 Å². The largest absolute Gasteiger partial charge is 0.504 e. The maximum atomic E-state index is 9.57. The van der Waals surface area contributed by atoms with Gasteiger partial charge in [0, 0.05) is 17.1 Å². The van der Waals surface area contributed by atoms with Crippen molar-refractivity contribution in [3.8, 4) is 11.5 Å². The van der Waals surface area contributed by atoms with E-state index in [0.29, 0.717) is 12.3 Å². The Morgan fingerprint density at radius 2 is 1.90 bits per heavy atom. The van der Waals surface area contributed by atoms with Crippen molar-refractivity contribution >= 4 is 15.9 Å². The maximum absolute atomic E-state index is 9.57. The predicted molar refractivity (Wildman–Crippen MR) is 84.1 cm³/mol. The summed E-state index contributed by atoms with van der Waals surface area (Å²) in [5.41, 5.74) is 2.31. The van der Waals surface area contributed by atoms with Crippen LogP contribution in [-0.2, 0) is 6.54 Å². The molecule has 3 nitrogen and oxygen atoms in total. The molecule has 0 spiro atoms. The number of benzene rings is 2. The van der Waals surface area contributed by atoms with Crippen LogP contribution in [0.2, 0.25) is 0 Å². The second kappa shape index (κ2) is 6.77. The summed E-state index contributed by atoms with van der Waals surface area (Å²) in [6, 6.07) is 13.9. The molecule has 1 atom stereocenters. The SMILES string of the molecule is COc1cc(CNC(C)c2ccc(Br)cc2)ccc1O. The molecule has 2 rings (SSSR count). The zero-order chi connectivity index (χ0) is 14.5. The summed E-state index contributed by atoms with van der Waals surface area (Å²) in [6.07, 6.45) is 0. The number of nitrogens with one attached hydrogen (secondary N) is 1. The van der Waals surface area contributed by atoms with Crippen LogP contribution in [0.4, 0.5) is 0 Å². The molecule has 0 fully saturated rings. The molecule has 0 aliphatic rings. The molecule has 4 heteroatoms. The van der Waals surface area contributed by atoms with Gasteiger partial charge < -0.3 is 15.2 Å². The lowest BCUT2D eigenvalue weighted by Crippen LogP contribution is -2.18. The molecule has 0 radical (unpaired) electrons. The third-order valence-electron chi connectivity index (χ3n) is 3.23. The molecule has 0 aliphatic heterocycles. The van der Waals surface area contributed by atoms with Gasteiger partial charge in [0.25, 0.3) is 0 Å². The van der Waals surface area contributed by atoms with E-state index in [1.54, 1.807) is 13.2 Å². The number of phenols is 1. The molecule has 2 aromatic rings. The van der Waals surface area contributed by atoms with Crippen molar-refractivity contribution in [2.24, 2.45) is 0 Å². The fourth-order valence-corrected chi connectivity index (χ4v) is 2.24. The fraction of sp³-hybridized carbons (Fsp3) is 0.250. The summed E-state index contributed by atoms with van der Waals surface area (Å²) >= 11 is 3.43. The van der Waals surface area contributed by atoms with Crippen LogP contribution in [-0.4, -0.2) is 12.2 Å². The van der Waals surface area contributed by atoms with Gasteiger partial charge in [0.15, 0.2) is 11.5 Å². The third kappa shape index (κ3) is 3.74. The summed E-state index contributed by atoms with van der Waals surface area (Å²) in [5, 5.41) is 13.0. The number of phenolic OH excluding ortho intramolecular Hbond substituents is 1. The second-order valence-corrected chi connectivity index (χ2v) is 5.58. The van der Waals surface area contributed by atoms with E-state index in [0.717, 1.165) is 10.0 Å². The Balaban J connectivity index is 1.99. The normalized spacial score (nSPS) is 12.2. The predicted octanol–water partition coefficient (Wildman–Crippen LogP) is 4.01. The Hall–Kier alpha value is -1.52. The van der Waals surface area contributed by atoms with Crippen molar-refractivity contribution in [2.45, 2.75) is 19.5 Å². The smallest absolute Gasteiger partial charge is 0.160 e. The molecule has 0 bridgehead atoms. The molecule has 2 aromatic carbocycles. The molecule has 20 heavy (non-hydrogen) atoms. The third-order valence-corrected chi connectivity index (χ3v) is 3.76. The summed E-state index contributed by atoms with van der Waals surface area (Å²) in [6.45, 7) is 2.84. The highest BCUT2D eigenvalue weighted by Gasteiger charge is 2.06. The molecule has 0 heterocycles. The number of halogens is 1. The first-order chi connectivity index (χ1) is 9.60. The molecule has 0 amide bonds. The van der Waals surface area contributed by atoms with Gasteiger partial charge in [-0.25, -0.2) is 0 Å². The number of rotatable bonds is 5. The van der Waals surface area contributed by atoms with Crippen molar-refractivity contribution in [3.05, 3.63) is 58.1 Å². The lowest BCUT2D eigenvalue weighted by Gasteiger charge is -2.15. The van der Waals surface area contributed by atoms with E-state index < -0.39 is 0 Å². The Labute approximate surface area is 127 Å². The van der Waals surface area contributed by atoms with Gasteiger partial charge in [-0.05, 0) is 42.3 Å². The number of hydrogen-bond donors (Lipinski definition) is 2. The zero-order valence-corrected chi connectivity index (χ0v) is 13.1. The van der Waals surface area contributed by atoms with Gasteiger partial charge in [-0.3, -0.25) is 0 Å². The van der Waals surface area contributed by atoms with Gasteiger partial charge in [0.1, 0.15) is 0 Å². The minimum absolute atomic E-state index is 0.164. The maximum Gasteiger partial charge on any atom is 0.160 e. The molecule has 2 N–H and O–H groups in total. The highest BCUT2D eigenvalue weighted by Crippen LogP contribution is 2.26. The van der Waals surface area contributed by atoms with E-state index in [-0.39, 0.29) is 11.8 Å². The van der Waals surface area contributed by atoms with Crippen LogP contribution in [0.1, 0.15) is 24.1 Å². The van der Waals surface area contributed by atoms with Crippen LogP contribution in [0.25, 0.3) is 0 Å². The molecular weight excluding hydrogens is 318 g/mol. The first kappa shape index (κ1) is 14.9. The van der Waals surface area contributed by atoms with Gasteiger partial charge in [-0.2, -0.15) is 0 Å². The Morgan fingerprint density at radius 1 is 1.20 bits per heavy atom. The van der Waals surface area contributed by atoms with Gasteiger partial charge in [0.05, 0.1) is 7.11 Å². The molecular formula is C16H18BrNO2. The molecule has 0 aliphatic carbocycles. The van der Waals surface area contributed by atoms with Crippen molar-refractivity contribution in [1.82, 2.24) is 5.32 Å². The van der Waals surface area contributed by atoms with E-state index in [1.807, 2.05) is 24.3 Å². The number of ether oxygens (including phenoxy) is 1. The lowest BCUT2D eigenvalue weighted by atomic mass is 10.1. The number of aromatic hydroxyl groups is 1. The second-order valence-electron chi connectivity index (χ2n) is 4.66. The average molecular weight is 336 g/mol. The van der Waals surface area contributed by atoms with Crippen LogP contribution in [0, 0.1) is 0 Å². The highest BCUT2D eigenvalue weighted by atomic mass is 79.9. The van der Waals surface area contributed by atoms with Gasteiger partial charge in [-0.15, -0.1) is 0 Å². The summed E-state index contributed by atoms with van der Waals surface area (Å²) in [4.78, 5) is 0. The summed E-state index contributed by atoms with van der Waals surface area (Å²) < 4.78 is 6.19. The standard InChI is InChI=1S/C16H18BrNO2/c1-11(13-4-6-14(17)7-5-13)18-10-12-3-8-15(19)16(9-12)20-2/h3-9,11,18-19H,10H2,1-2H3. The molecule has 0 saturated heterocycles. The molecule has 0 saturated carbocycles. The first-order valence-electron chi connectivity index (χ1n) is 6.45. The Bertz CT molecular complexity index is 569. The fourth-order valence-electron chi connectivity index (χ4n) is 1.97. The van der Waals surface area contributed by atoms with E-state index >= 15 is 0 Å². The Kier molecular flexibility index (Phi) is 5.04. The van der Waals surface area contributed by atoms with E-state index in [4.69, 9.17) is 4.74 Å². The van der Waals surface area contributed by atoms with E-state index in [9.17, 15) is 5.11 Å². The topological polar surface area (TPSA) is 41.5 Å². The summed E-state index contributed by atoms with van der Waals surface area (Å²) in [5.74, 6) is 0.665. The van der Waals surface area contributed by atoms with Crippen LogP contribution in [0.15, 0.2) is 46.9 Å². The van der Waals surface area contributed by atoms with Crippen molar-refractivity contribution in [3.63, 3.8) is 0 Å². The first-order valence-corrected chi connectivity index (χ1v) is 7.24. The molecule has 106 valence electrons. The minimum atomic E-state index is 0.164. The van der Waals surface area contributed by atoms with Gasteiger partial charge in [0.2, 0.25) is 0 Å². The quantitative estimate of drug-likeness (QED) is 0.867. The van der Waals surface area contributed by atoms with Gasteiger partial charge in [-0.1, -0.05) is 34.1 Å². The number of methoxy groups -OCH3 is 1. The van der Waals surface area contributed by atoms with Crippen molar-refractivity contribution < 1.29 is 9.84 Å². The van der Waals surface area contributed by atoms with Crippen LogP contribution in [0.3, 0.4) is 0 Å². The van der Waals surface area contributed by atoms with Crippen LogP contribution < -0.4 is 10.1 Å². The molecule has 0 aromatic heterocycles. The zero-order valence-electron chi connectivity index (χ0n) is 11.6. The van der Waals surface area contributed by atoms with E-state index in [1.165, 1.54) is 5.56 Å². The molecule has 1 unspecified atom stereocenters. The Morgan fingerprint density at radius 3 is 2.55 bits per heavy atom. The lowest BCUT2D eigenvalue weighted by molar-refractivity contribution is 0.372. The van der Waals surface area contributed by atoms with E-state index in [2.05, 4.69) is 40.3 Å². The van der Waals surface area contributed by atoms with Gasteiger partial charge >= 0.3 is 0 Å². The van der Waals surface area contributed by atoms with Crippen LogP contribution >= 0.6 is 15.9 Å². The highest BCUT2D eigenvalue weighted by molar-refractivity contribution is 9.10.